The Morgan fingerprint density at radius 3 is 2.64 bits per heavy atom. The van der Waals surface area contributed by atoms with Gasteiger partial charge in [-0.15, -0.1) is 0 Å². The van der Waals surface area contributed by atoms with Gasteiger partial charge in [0.2, 0.25) is 0 Å². The molecule has 1 heterocycles. The van der Waals surface area contributed by atoms with E-state index in [0.717, 1.165) is 24.8 Å². The summed E-state index contributed by atoms with van der Waals surface area (Å²) in [7, 11) is 1.46. The molecule has 1 saturated carbocycles. The molecule has 1 aliphatic heterocycles. The second kappa shape index (κ2) is 7.13. The van der Waals surface area contributed by atoms with Gasteiger partial charge in [0.15, 0.2) is 17.3 Å². The summed E-state index contributed by atoms with van der Waals surface area (Å²) >= 11 is 0. The van der Waals surface area contributed by atoms with Gasteiger partial charge in [-0.05, 0) is 62.1 Å². The lowest BCUT2D eigenvalue weighted by molar-refractivity contribution is -0.110. The molecular weight excluding hydrogens is 356 g/mol. The molecular formula is C23H28O5. The molecule has 150 valence electrons. The fourth-order valence-electron chi connectivity index (χ4n) is 4.33. The van der Waals surface area contributed by atoms with Gasteiger partial charge in [-0.2, -0.15) is 0 Å². The Morgan fingerprint density at radius 2 is 1.96 bits per heavy atom. The number of aliphatic hydroxyl groups is 1. The molecule has 0 bridgehead atoms. The van der Waals surface area contributed by atoms with Crippen LogP contribution in [0.25, 0.3) is 6.08 Å². The molecule has 0 aromatic heterocycles. The van der Waals surface area contributed by atoms with E-state index in [1.165, 1.54) is 31.4 Å². The number of hydrogen-bond donors (Lipinski definition) is 2. The minimum Gasteiger partial charge on any atom is -0.508 e. The molecule has 5 heteroatoms. The summed E-state index contributed by atoms with van der Waals surface area (Å²) in [5, 5.41) is 19.6. The first kappa shape index (κ1) is 20.2. The third-order valence-corrected chi connectivity index (χ3v) is 6.01. The Kier molecular flexibility index (Phi) is 5.15. The Morgan fingerprint density at radius 1 is 1.21 bits per heavy atom. The number of fused-ring (bicyclic) bond motifs is 1. The first-order valence-corrected chi connectivity index (χ1v) is 9.52. The van der Waals surface area contributed by atoms with Gasteiger partial charge in [0.1, 0.15) is 11.4 Å². The normalized spacial score (nSPS) is 29.1. The van der Waals surface area contributed by atoms with Crippen LogP contribution in [0, 0.1) is 5.41 Å². The number of aliphatic hydroxyl groups excluding tert-OH is 1. The monoisotopic (exact) mass is 384 g/mol. The van der Waals surface area contributed by atoms with Gasteiger partial charge in [0.05, 0.1) is 12.7 Å². The van der Waals surface area contributed by atoms with E-state index in [1.54, 1.807) is 18.2 Å². The predicted octanol–water partition coefficient (Wildman–Crippen LogP) is 4.72. The van der Waals surface area contributed by atoms with Crippen molar-refractivity contribution in [2.75, 3.05) is 7.11 Å². The molecule has 5 nitrogen and oxygen atoms in total. The average molecular weight is 384 g/mol. The van der Waals surface area contributed by atoms with Gasteiger partial charge in [-0.1, -0.05) is 26.0 Å². The summed E-state index contributed by atoms with van der Waals surface area (Å²) in [5.41, 5.74) is 0.0910. The van der Waals surface area contributed by atoms with Crippen molar-refractivity contribution in [3.8, 4) is 11.5 Å². The zero-order valence-corrected chi connectivity index (χ0v) is 16.9. The first-order valence-electron chi connectivity index (χ1n) is 9.52. The van der Waals surface area contributed by atoms with Crippen molar-refractivity contribution >= 4 is 11.9 Å². The van der Waals surface area contributed by atoms with Crippen LogP contribution in [0.4, 0.5) is 0 Å². The standard InChI is InChI=1S/C23H28O5/c1-21(2)11-5-12-22(3)23(21,28-22)13-10-18(25)15-17(24)8-6-16-7-9-19(26)20(14-16)27-4/h6-10,13-15,24,26H,5,11-12H2,1-4H3/b8-6+,13-10+,17-15-. The van der Waals surface area contributed by atoms with Crippen LogP contribution in [0.5, 0.6) is 11.5 Å². The molecule has 2 N–H and O–H groups in total. The molecule has 28 heavy (non-hydrogen) atoms. The van der Waals surface area contributed by atoms with Crippen LogP contribution < -0.4 is 4.74 Å². The fourth-order valence-corrected chi connectivity index (χ4v) is 4.33. The molecule has 1 saturated heterocycles. The number of benzene rings is 1. The maximum absolute atomic E-state index is 12.3. The third-order valence-electron chi connectivity index (χ3n) is 6.01. The molecule has 3 rings (SSSR count). The van der Waals surface area contributed by atoms with E-state index < -0.39 is 5.60 Å². The van der Waals surface area contributed by atoms with E-state index in [9.17, 15) is 15.0 Å². The predicted molar refractivity (Wildman–Crippen MR) is 108 cm³/mol. The average Bonchev–Trinajstić information content (AvgIpc) is 3.27. The maximum Gasteiger partial charge on any atom is 0.182 e. The molecule has 2 unspecified atom stereocenters. The summed E-state index contributed by atoms with van der Waals surface area (Å²) in [6.45, 7) is 6.45. The van der Waals surface area contributed by atoms with Gasteiger partial charge >= 0.3 is 0 Å². The van der Waals surface area contributed by atoms with Crippen LogP contribution in [0.3, 0.4) is 0 Å². The molecule has 0 spiro atoms. The topological polar surface area (TPSA) is 79.3 Å². The minimum absolute atomic E-state index is 0.0274. The second-order valence-electron chi connectivity index (χ2n) is 8.38. The number of carbonyl (C=O) groups is 1. The van der Waals surface area contributed by atoms with E-state index >= 15 is 0 Å². The summed E-state index contributed by atoms with van der Waals surface area (Å²) in [4.78, 5) is 12.3. The lowest BCUT2D eigenvalue weighted by Crippen LogP contribution is -2.41. The number of aromatic hydroxyl groups is 1. The highest BCUT2D eigenvalue weighted by Gasteiger charge is 2.73. The van der Waals surface area contributed by atoms with Gasteiger partial charge < -0.3 is 19.7 Å². The third kappa shape index (κ3) is 3.59. The van der Waals surface area contributed by atoms with Gasteiger partial charge in [0.25, 0.3) is 0 Å². The lowest BCUT2D eigenvalue weighted by Gasteiger charge is -2.36. The molecule has 0 amide bonds. The zero-order chi connectivity index (χ0) is 20.6. The highest BCUT2D eigenvalue weighted by Crippen LogP contribution is 2.65. The van der Waals surface area contributed by atoms with Crippen molar-refractivity contribution < 1.29 is 24.5 Å². The van der Waals surface area contributed by atoms with Crippen LogP contribution in [0.2, 0.25) is 0 Å². The van der Waals surface area contributed by atoms with Crippen molar-refractivity contribution in [3.63, 3.8) is 0 Å². The van der Waals surface area contributed by atoms with Crippen LogP contribution in [0.15, 0.2) is 48.3 Å². The van der Waals surface area contributed by atoms with E-state index in [1.807, 2.05) is 6.08 Å². The highest BCUT2D eigenvalue weighted by atomic mass is 16.6. The number of epoxide rings is 1. The zero-order valence-electron chi connectivity index (χ0n) is 16.9. The SMILES string of the molecule is COc1cc(/C=C/C(O)=C/C(=O)/C=C/C23OC2(C)CCCC3(C)C)ccc1O. The Bertz CT molecular complexity index is 864. The molecule has 0 radical (unpaired) electrons. The molecule has 1 aliphatic carbocycles. The molecule has 2 aliphatic rings. The summed E-state index contributed by atoms with van der Waals surface area (Å²) in [6, 6.07) is 4.82. The van der Waals surface area contributed by atoms with E-state index in [4.69, 9.17) is 9.47 Å². The van der Waals surface area contributed by atoms with Crippen molar-refractivity contribution in [1.82, 2.24) is 0 Å². The number of ether oxygens (including phenoxy) is 2. The smallest absolute Gasteiger partial charge is 0.182 e. The maximum atomic E-state index is 12.3. The Hall–Kier alpha value is -2.53. The van der Waals surface area contributed by atoms with Crippen molar-refractivity contribution in [1.29, 1.82) is 0 Å². The van der Waals surface area contributed by atoms with Crippen molar-refractivity contribution in [3.05, 3.63) is 53.8 Å². The number of methoxy groups -OCH3 is 1. The van der Waals surface area contributed by atoms with E-state index in [-0.39, 0.29) is 28.3 Å². The Balaban J connectivity index is 1.68. The van der Waals surface area contributed by atoms with E-state index in [2.05, 4.69) is 20.8 Å². The number of carbonyl (C=O) groups excluding carboxylic acids is 1. The summed E-state index contributed by atoms with van der Waals surface area (Å²) < 4.78 is 11.1. The second-order valence-corrected chi connectivity index (χ2v) is 8.38. The minimum atomic E-state index is -0.407. The van der Waals surface area contributed by atoms with Gasteiger partial charge in [-0.25, -0.2) is 0 Å². The molecule has 2 fully saturated rings. The number of phenols is 1. The first-order chi connectivity index (χ1) is 13.1. The molecule has 1 aromatic carbocycles. The van der Waals surface area contributed by atoms with Crippen LogP contribution in [0.1, 0.15) is 45.6 Å². The van der Waals surface area contributed by atoms with Crippen LogP contribution in [-0.4, -0.2) is 34.3 Å². The number of hydrogen-bond acceptors (Lipinski definition) is 5. The van der Waals surface area contributed by atoms with E-state index in [0.29, 0.717) is 5.75 Å². The highest BCUT2D eigenvalue weighted by molar-refractivity contribution is 6.00. The number of phenolic OH excluding ortho intramolecular Hbond substituents is 1. The van der Waals surface area contributed by atoms with Crippen LogP contribution in [-0.2, 0) is 9.53 Å². The summed E-state index contributed by atoms with van der Waals surface area (Å²) in [5.74, 6) is -0.0638. The molecule has 2 atom stereocenters. The lowest BCUT2D eigenvalue weighted by atomic mass is 9.64. The molecule has 1 aromatic rings. The number of allylic oxidation sites excluding steroid dienone is 3. The van der Waals surface area contributed by atoms with Crippen LogP contribution >= 0.6 is 0 Å². The number of rotatable bonds is 6. The van der Waals surface area contributed by atoms with Gasteiger partial charge in [0, 0.05) is 11.5 Å². The quantitative estimate of drug-likeness (QED) is 0.321. The van der Waals surface area contributed by atoms with Crippen molar-refractivity contribution in [2.24, 2.45) is 5.41 Å². The largest absolute Gasteiger partial charge is 0.508 e. The van der Waals surface area contributed by atoms with Crippen molar-refractivity contribution in [2.45, 2.75) is 51.2 Å². The number of ketones is 1. The van der Waals surface area contributed by atoms with Gasteiger partial charge in [-0.3, -0.25) is 4.79 Å². The summed E-state index contributed by atoms with van der Waals surface area (Å²) in [6.07, 6.45) is 10.8. The Labute approximate surface area is 166 Å². The fraction of sp³-hybridized carbons (Fsp3) is 0.435.